The molecule has 0 radical (unpaired) electrons. The molecule has 8 nitrogen and oxygen atoms in total. The van der Waals surface area contributed by atoms with Crippen molar-refractivity contribution in [3.8, 4) is 0 Å². The lowest BCUT2D eigenvalue weighted by molar-refractivity contribution is -0.141. The minimum Gasteiger partial charge on any atom is -0.480 e. The largest absolute Gasteiger partial charge is 0.480 e. The van der Waals surface area contributed by atoms with E-state index in [1.165, 1.54) is 33.5 Å². The second-order valence-electron chi connectivity index (χ2n) is 7.10. The number of amides is 1. The van der Waals surface area contributed by atoms with Gasteiger partial charge in [-0.3, -0.25) is 4.79 Å². The molecule has 1 N–H and O–H groups in total. The summed E-state index contributed by atoms with van der Waals surface area (Å²) in [5.41, 5.74) is 0.179. The van der Waals surface area contributed by atoms with E-state index in [2.05, 4.69) is 0 Å². The number of carbonyl (C=O) groups is 2. The first-order valence-electron chi connectivity index (χ1n) is 8.99. The molecule has 2 aliphatic rings. The maximum absolute atomic E-state index is 13.0. The van der Waals surface area contributed by atoms with E-state index in [0.717, 1.165) is 0 Å². The van der Waals surface area contributed by atoms with Crippen molar-refractivity contribution in [2.24, 2.45) is 0 Å². The summed E-state index contributed by atoms with van der Waals surface area (Å²) in [6.07, 6.45) is 0.593. The first-order chi connectivity index (χ1) is 12.7. The number of hydrogen-bond acceptors (Lipinski definition) is 5. The van der Waals surface area contributed by atoms with Crippen molar-refractivity contribution in [2.45, 2.75) is 49.8 Å². The predicted octanol–water partition coefficient (Wildman–Crippen LogP) is 1.17. The van der Waals surface area contributed by atoms with E-state index >= 15 is 0 Å². The highest BCUT2D eigenvalue weighted by atomic mass is 32.2. The van der Waals surface area contributed by atoms with Crippen molar-refractivity contribution in [1.29, 1.82) is 0 Å². The molecule has 2 fully saturated rings. The fourth-order valence-corrected chi connectivity index (χ4v) is 5.33. The number of hydrogen-bond donors (Lipinski definition) is 1. The number of benzene rings is 1. The Labute approximate surface area is 158 Å². The molecule has 2 saturated heterocycles. The molecule has 0 bridgehead atoms. The lowest BCUT2D eigenvalue weighted by atomic mass is 10.1. The molecule has 3 rings (SSSR count). The quantitative estimate of drug-likeness (QED) is 0.819. The van der Waals surface area contributed by atoms with Gasteiger partial charge in [0.25, 0.3) is 5.91 Å². The number of sulfonamides is 1. The summed E-state index contributed by atoms with van der Waals surface area (Å²) in [4.78, 5) is 25.4. The molecule has 0 aromatic heterocycles. The van der Waals surface area contributed by atoms with Gasteiger partial charge in [0.1, 0.15) is 6.04 Å². The zero-order chi connectivity index (χ0) is 19.8. The van der Waals surface area contributed by atoms with Gasteiger partial charge in [-0.2, -0.15) is 4.31 Å². The van der Waals surface area contributed by atoms with Crippen molar-refractivity contribution >= 4 is 21.9 Å². The molecule has 1 aromatic carbocycles. The number of carboxylic acid groups (broad SMARTS) is 1. The van der Waals surface area contributed by atoms with Crippen LogP contribution < -0.4 is 0 Å². The van der Waals surface area contributed by atoms with Crippen LogP contribution in [0.4, 0.5) is 0 Å². The van der Waals surface area contributed by atoms with Gasteiger partial charge in [-0.1, -0.05) is 6.07 Å². The SMILES string of the molecule is C[C@@H]1CN(S(=O)(=O)c2cccc(C(=O)N3CCC[C@H]3C(=O)O)c2)C[C@@H](C)O1. The summed E-state index contributed by atoms with van der Waals surface area (Å²) in [6.45, 7) is 4.48. The highest BCUT2D eigenvalue weighted by molar-refractivity contribution is 7.89. The number of ether oxygens (including phenoxy) is 1. The molecular weight excluding hydrogens is 372 g/mol. The van der Waals surface area contributed by atoms with Gasteiger partial charge in [-0.05, 0) is 44.9 Å². The molecule has 27 heavy (non-hydrogen) atoms. The highest BCUT2D eigenvalue weighted by Gasteiger charge is 2.36. The van der Waals surface area contributed by atoms with Crippen LogP contribution >= 0.6 is 0 Å². The van der Waals surface area contributed by atoms with Crippen LogP contribution in [0.15, 0.2) is 29.2 Å². The van der Waals surface area contributed by atoms with Crippen molar-refractivity contribution in [1.82, 2.24) is 9.21 Å². The third-order valence-corrected chi connectivity index (χ3v) is 6.73. The number of nitrogens with zero attached hydrogens (tertiary/aromatic N) is 2. The lowest BCUT2D eigenvalue weighted by Crippen LogP contribution is -2.48. The summed E-state index contributed by atoms with van der Waals surface area (Å²) in [6, 6.07) is 4.95. The molecule has 1 aromatic rings. The minimum atomic E-state index is -3.77. The van der Waals surface area contributed by atoms with Gasteiger partial charge < -0.3 is 14.7 Å². The van der Waals surface area contributed by atoms with Crippen molar-refractivity contribution in [2.75, 3.05) is 19.6 Å². The third kappa shape index (κ3) is 3.99. The van der Waals surface area contributed by atoms with E-state index in [4.69, 9.17) is 4.74 Å². The maximum Gasteiger partial charge on any atom is 0.326 e. The normalized spacial score (nSPS) is 26.9. The van der Waals surface area contributed by atoms with Crippen LogP contribution in [0.25, 0.3) is 0 Å². The van der Waals surface area contributed by atoms with Gasteiger partial charge in [-0.15, -0.1) is 0 Å². The van der Waals surface area contributed by atoms with E-state index in [0.29, 0.717) is 19.4 Å². The molecule has 2 heterocycles. The number of rotatable bonds is 4. The van der Waals surface area contributed by atoms with Gasteiger partial charge in [-0.25, -0.2) is 13.2 Å². The van der Waals surface area contributed by atoms with Gasteiger partial charge >= 0.3 is 5.97 Å². The average Bonchev–Trinajstić information content (AvgIpc) is 3.10. The van der Waals surface area contributed by atoms with Crippen molar-refractivity contribution < 1.29 is 27.9 Å². The Morgan fingerprint density at radius 3 is 2.48 bits per heavy atom. The molecular formula is C18H24N2O6S. The van der Waals surface area contributed by atoms with Gasteiger partial charge in [0.15, 0.2) is 0 Å². The van der Waals surface area contributed by atoms with Crippen LogP contribution in [0.5, 0.6) is 0 Å². The van der Waals surface area contributed by atoms with Crippen LogP contribution in [-0.4, -0.2) is 72.5 Å². The Balaban J connectivity index is 1.87. The molecule has 0 unspecified atom stereocenters. The molecule has 2 aliphatic heterocycles. The van der Waals surface area contributed by atoms with Crippen LogP contribution in [0, 0.1) is 0 Å². The summed E-state index contributed by atoms with van der Waals surface area (Å²) in [5, 5.41) is 9.27. The summed E-state index contributed by atoms with van der Waals surface area (Å²) in [7, 11) is -3.77. The standard InChI is InChI=1S/C18H24N2O6S/c1-12-10-19(11-13(2)26-12)27(24,25)15-6-3-5-14(9-15)17(21)20-8-4-7-16(20)18(22)23/h3,5-6,9,12-13,16H,4,7-8,10-11H2,1-2H3,(H,22,23)/t12-,13-,16+/m1/s1. The van der Waals surface area contributed by atoms with E-state index in [1.807, 2.05) is 13.8 Å². The second kappa shape index (κ2) is 7.57. The zero-order valence-electron chi connectivity index (χ0n) is 15.4. The van der Waals surface area contributed by atoms with Crippen molar-refractivity contribution in [3.05, 3.63) is 29.8 Å². The molecule has 0 aliphatic carbocycles. The molecule has 148 valence electrons. The molecule has 1 amide bonds. The van der Waals surface area contributed by atoms with Crippen LogP contribution in [0.2, 0.25) is 0 Å². The number of likely N-dealkylation sites (tertiary alicyclic amines) is 1. The Morgan fingerprint density at radius 1 is 1.19 bits per heavy atom. The number of carboxylic acids is 1. The Bertz CT molecular complexity index is 830. The van der Waals surface area contributed by atoms with Crippen LogP contribution in [0.3, 0.4) is 0 Å². The number of aliphatic carboxylic acids is 1. The van der Waals surface area contributed by atoms with Crippen LogP contribution in [0.1, 0.15) is 37.0 Å². The third-order valence-electron chi connectivity index (χ3n) is 4.90. The number of carbonyl (C=O) groups excluding carboxylic acids is 1. The zero-order valence-corrected chi connectivity index (χ0v) is 16.2. The lowest BCUT2D eigenvalue weighted by Gasteiger charge is -2.34. The first kappa shape index (κ1) is 19.8. The van der Waals surface area contributed by atoms with E-state index in [9.17, 15) is 23.1 Å². The summed E-state index contributed by atoms with van der Waals surface area (Å²) >= 11 is 0. The Morgan fingerprint density at radius 2 is 1.85 bits per heavy atom. The molecule has 3 atom stereocenters. The Hall–Kier alpha value is -1.97. The molecule has 0 saturated carbocycles. The van der Waals surface area contributed by atoms with E-state index < -0.39 is 27.9 Å². The molecule has 0 spiro atoms. The van der Waals surface area contributed by atoms with E-state index in [1.54, 1.807) is 0 Å². The average molecular weight is 396 g/mol. The van der Waals surface area contributed by atoms with Gasteiger partial charge in [0.2, 0.25) is 10.0 Å². The summed E-state index contributed by atoms with van der Waals surface area (Å²) in [5.74, 6) is -1.50. The minimum absolute atomic E-state index is 0.0284. The number of morpholine rings is 1. The van der Waals surface area contributed by atoms with Crippen molar-refractivity contribution in [3.63, 3.8) is 0 Å². The first-order valence-corrected chi connectivity index (χ1v) is 10.4. The monoisotopic (exact) mass is 396 g/mol. The predicted molar refractivity (Wildman–Crippen MR) is 96.9 cm³/mol. The fourth-order valence-electron chi connectivity index (χ4n) is 3.70. The topological polar surface area (TPSA) is 104 Å². The summed E-state index contributed by atoms with van der Waals surface area (Å²) < 4.78 is 33.0. The van der Waals surface area contributed by atoms with Crippen LogP contribution in [-0.2, 0) is 19.6 Å². The second-order valence-corrected chi connectivity index (χ2v) is 9.04. The highest BCUT2D eigenvalue weighted by Crippen LogP contribution is 2.24. The van der Waals surface area contributed by atoms with Gasteiger partial charge in [0, 0.05) is 25.2 Å². The van der Waals surface area contributed by atoms with Gasteiger partial charge in [0.05, 0.1) is 17.1 Å². The molecule has 9 heteroatoms. The Kier molecular flexibility index (Phi) is 5.55. The van der Waals surface area contributed by atoms with E-state index in [-0.39, 0.29) is 35.8 Å². The fraction of sp³-hybridized carbons (Fsp3) is 0.556. The smallest absolute Gasteiger partial charge is 0.326 e. The maximum atomic E-state index is 13.0.